The van der Waals surface area contributed by atoms with Crippen LogP contribution in [0.3, 0.4) is 0 Å². The van der Waals surface area contributed by atoms with Crippen LogP contribution in [0.25, 0.3) is 0 Å². The van der Waals surface area contributed by atoms with Gasteiger partial charge in [-0.3, -0.25) is 9.59 Å². The van der Waals surface area contributed by atoms with E-state index in [2.05, 4.69) is 5.32 Å². The number of ketones is 1. The number of Topliss-reactive ketones (excluding diaryl/α,β-unsaturated/α-hetero) is 1. The predicted octanol–water partition coefficient (Wildman–Crippen LogP) is 0.829. The Kier molecular flexibility index (Phi) is 4.02. The minimum atomic E-state index is -0.562. The van der Waals surface area contributed by atoms with Gasteiger partial charge >= 0.3 is 0 Å². The van der Waals surface area contributed by atoms with Gasteiger partial charge in [0.1, 0.15) is 12.4 Å². The lowest BCUT2D eigenvalue weighted by Crippen LogP contribution is -2.30. The van der Waals surface area contributed by atoms with Gasteiger partial charge in [0.25, 0.3) is 6.47 Å². The number of anilines is 1. The zero-order chi connectivity index (χ0) is 13.7. The second-order valence-electron chi connectivity index (χ2n) is 3.95. The number of carbonyl (C=O) groups excluding carboxylic acids is 2. The molecule has 2 N–H and O–H groups in total. The average Bonchev–Trinajstić information content (AvgIpc) is 2.83. The molecule has 0 bridgehead atoms. The molecule has 0 aliphatic carbocycles. The molecule has 1 heterocycles. The van der Waals surface area contributed by atoms with Gasteiger partial charge in [-0.05, 0) is 12.1 Å². The van der Waals surface area contributed by atoms with Crippen LogP contribution in [0, 0.1) is 0 Å². The summed E-state index contributed by atoms with van der Waals surface area (Å²) in [5.41, 5.74) is 0.827. The molecule has 6 heteroatoms. The molecular weight excluding hydrogens is 250 g/mol. The lowest BCUT2D eigenvalue weighted by Gasteiger charge is -2.19. The van der Waals surface area contributed by atoms with Crippen molar-refractivity contribution in [3.05, 3.63) is 36.1 Å². The van der Waals surface area contributed by atoms with Crippen LogP contribution >= 0.6 is 0 Å². The number of hydrogen-bond donors (Lipinski definition) is 2. The molecule has 1 aromatic rings. The minimum Gasteiger partial charge on any atom is -0.506 e. The highest BCUT2D eigenvalue weighted by atomic mass is 16.5. The van der Waals surface area contributed by atoms with E-state index < -0.39 is 6.04 Å². The molecule has 1 atom stereocenters. The Labute approximate surface area is 109 Å². The highest BCUT2D eigenvalue weighted by Gasteiger charge is 2.26. The average molecular weight is 263 g/mol. The van der Waals surface area contributed by atoms with Crippen molar-refractivity contribution in [2.45, 2.75) is 6.04 Å². The number of benzene rings is 1. The number of ether oxygens (including phenoxy) is 2. The molecule has 1 aromatic carbocycles. The van der Waals surface area contributed by atoms with E-state index >= 15 is 0 Å². The highest BCUT2D eigenvalue weighted by Crippen LogP contribution is 2.25. The maximum Gasteiger partial charge on any atom is 0.293 e. The number of hydrogen-bond acceptors (Lipinski definition) is 6. The summed E-state index contributed by atoms with van der Waals surface area (Å²) in [5, 5.41) is 12.6. The second-order valence-corrected chi connectivity index (χ2v) is 3.95. The zero-order valence-electron chi connectivity index (χ0n) is 10.0. The SMILES string of the molecule is O=COCC(Nc1ccccc1O)C1=COCC1=O. The van der Waals surface area contributed by atoms with Crippen LogP contribution in [0.4, 0.5) is 5.69 Å². The maximum atomic E-state index is 11.6. The fourth-order valence-electron chi connectivity index (χ4n) is 1.76. The van der Waals surface area contributed by atoms with E-state index in [1.807, 2.05) is 0 Å². The summed E-state index contributed by atoms with van der Waals surface area (Å²) in [4.78, 5) is 21.9. The lowest BCUT2D eigenvalue weighted by molar-refractivity contribution is -0.129. The van der Waals surface area contributed by atoms with Gasteiger partial charge in [-0.1, -0.05) is 12.1 Å². The molecule has 100 valence electrons. The number of phenols is 1. The third-order valence-electron chi connectivity index (χ3n) is 2.69. The van der Waals surface area contributed by atoms with Gasteiger partial charge in [0.15, 0.2) is 6.61 Å². The quantitative estimate of drug-likeness (QED) is 0.584. The van der Waals surface area contributed by atoms with E-state index in [1.54, 1.807) is 18.2 Å². The Morgan fingerprint density at radius 2 is 2.26 bits per heavy atom. The standard InChI is InChI=1S/C13H13NO5/c15-8-19-6-11(9-5-18-7-13(9)17)14-10-3-1-2-4-12(10)16/h1-5,8,11,14,16H,6-7H2. The third-order valence-corrected chi connectivity index (χ3v) is 2.69. The normalized spacial score (nSPS) is 15.4. The first-order chi connectivity index (χ1) is 9.22. The molecule has 1 aliphatic rings. The largest absolute Gasteiger partial charge is 0.506 e. The molecule has 0 amide bonds. The van der Waals surface area contributed by atoms with Crippen LogP contribution in [0.1, 0.15) is 0 Å². The van der Waals surface area contributed by atoms with Crippen LogP contribution < -0.4 is 5.32 Å². The zero-order valence-corrected chi connectivity index (χ0v) is 10.0. The first kappa shape index (κ1) is 12.9. The van der Waals surface area contributed by atoms with Crippen molar-refractivity contribution in [1.29, 1.82) is 0 Å². The smallest absolute Gasteiger partial charge is 0.293 e. The molecule has 19 heavy (non-hydrogen) atoms. The summed E-state index contributed by atoms with van der Waals surface area (Å²) in [7, 11) is 0. The van der Waals surface area contributed by atoms with Gasteiger partial charge in [-0.15, -0.1) is 0 Å². The first-order valence-corrected chi connectivity index (χ1v) is 5.67. The Bertz CT molecular complexity index is 512. The Hall–Kier alpha value is -2.50. The maximum absolute atomic E-state index is 11.6. The van der Waals surface area contributed by atoms with Gasteiger partial charge in [0, 0.05) is 0 Å². The van der Waals surface area contributed by atoms with Crippen LogP contribution in [0.15, 0.2) is 36.1 Å². The number of aromatic hydroxyl groups is 1. The molecule has 1 aliphatic heterocycles. The van der Waals surface area contributed by atoms with Gasteiger partial charge in [0.2, 0.25) is 5.78 Å². The fraction of sp³-hybridized carbons (Fsp3) is 0.231. The van der Waals surface area contributed by atoms with E-state index in [4.69, 9.17) is 9.47 Å². The van der Waals surface area contributed by atoms with Crippen molar-refractivity contribution >= 4 is 17.9 Å². The Balaban J connectivity index is 2.16. The molecular formula is C13H13NO5. The molecule has 1 unspecified atom stereocenters. The van der Waals surface area contributed by atoms with Crippen LogP contribution in [0.2, 0.25) is 0 Å². The second kappa shape index (κ2) is 5.90. The molecule has 6 nitrogen and oxygen atoms in total. The summed E-state index contributed by atoms with van der Waals surface area (Å²) < 4.78 is 9.64. The minimum absolute atomic E-state index is 0.0185. The molecule has 0 fully saturated rings. The third kappa shape index (κ3) is 3.04. The van der Waals surface area contributed by atoms with Crippen LogP contribution in [-0.4, -0.2) is 36.6 Å². The molecule has 0 radical (unpaired) electrons. The van der Waals surface area contributed by atoms with E-state index in [9.17, 15) is 14.7 Å². The number of para-hydroxylation sites is 2. The predicted molar refractivity (Wildman–Crippen MR) is 66.6 cm³/mol. The number of rotatable bonds is 6. The van der Waals surface area contributed by atoms with Gasteiger partial charge in [-0.25, -0.2) is 0 Å². The number of carbonyl (C=O) groups is 2. The molecule has 0 saturated carbocycles. The van der Waals surface area contributed by atoms with Gasteiger partial charge < -0.3 is 19.9 Å². The van der Waals surface area contributed by atoms with Crippen LogP contribution in [0.5, 0.6) is 5.75 Å². The van der Waals surface area contributed by atoms with Crippen molar-refractivity contribution in [3.8, 4) is 5.75 Å². The van der Waals surface area contributed by atoms with E-state index in [0.717, 1.165) is 0 Å². The number of phenolic OH excluding ortho intramolecular Hbond substituents is 1. The Morgan fingerprint density at radius 1 is 1.47 bits per heavy atom. The summed E-state index contributed by atoms with van der Waals surface area (Å²) in [6.45, 7) is 0.258. The van der Waals surface area contributed by atoms with Gasteiger partial charge in [-0.2, -0.15) is 0 Å². The summed E-state index contributed by atoms with van der Waals surface area (Å²) in [6, 6.07) is 6.03. The summed E-state index contributed by atoms with van der Waals surface area (Å²) >= 11 is 0. The molecule has 0 spiro atoms. The summed E-state index contributed by atoms with van der Waals surface area (Å²) in [6.07, 6.45) is 1.34. The van der Waals surface area contributed by atoms with Crippen LogP contribution in [-0.2, 0) is 19.1 Å². The molecule has 0 saturated heterocycles. The Morgan fingerprint density at radius 3 is 2.89 bits per heavy atom. The number of nitrogens with one attached hydrogen (secondary N) is 1. The summed E-state index contributed by atoms with van der Waals surface area (Å²) in [5.74, 6) is -0.131. The highest BCUT2D eigenvalue weighted by molar-refractivity contribution is 5.99. The van der Waals surface area contributed by atoms with E-state index in [0.29, 0.717) is 17.7 Å². The van der Waals surface area contributed by atoms with Crippen molar-refractivity contribution < 1.29 is 24.2 Å². The van der Waals surface area contributed by atoms with E-state index in [-0.39, 0.29) is 24.7 Å². The first-order valence-electron chi connectivity index (χ1n) is 5.67. The van der Waals surface area contributed by atoms with E-state index in [1.165, 1.54) is 12.3 Å². The van der Waals surface area contributed by atoms with Crippen molar-refractivity contribution in [3.63, 3.8) is 0 Å². The van der Waals surface area contributed by atoms with Crippen molar-refractivity contribution in [1.82, 2.24) is 0 Å². The lowest BCUT2D eigenvalue weighted by atomic mass is 10.1. The monoisotopic (exact) mass is 263 g/mol. The fourth-order valence-corrected chi connectivity index (χ4v) is 1.76. The topological polar surface area (TPSA) is 84.9 Å². The van der Waals surface area contributed by atoms with Crippen molar-refractivity contribution in [2.24, 2.45) is 0 Å². The van der Waals surface area contributed by atoms with Gasteiger partial charge in [0.05, 0.1) is 23.6 Å². The molecule has 0 aromatic heterocycles. The van der Waals surface area contributed by atoms with Crippen molar-refractivity contribution in [2.75, 3.05) is 18.5 Å². The molecule has 2 rings (SSSR count).